The number of allylic oxidation sites excluding steroid dienone is 1. The van der Waals surface area contributed by atoms with Gasteiger partial charge in [0.25, 0.3) is 0 Å². The van der Waals surface area contributed by atoms with Crippen LogP contribution in [0.25, 0.3) is 0 Å². The maximum atomic E-state index is 8.65. The molecule has 3 heteroatoms. The Morgan fingerprint density at radius 2 is 2.15 bits per heavy atom. The van der Waals surface area contributed by atoms with E-state index in [0.29, 0.717) is 5.57 Å². The van der Waals surface area contributed by atoms with Crippen molar-refractivity contribution in [3.05, 3.63) is 36.0 Å². The lowest BCUT2D eigenvalue weighted by atomic mass is 10.3. The van der Waals surface area contributed by atoms with Gasteiger partial charge in [-0.1, -0.05) is 12.1 Å². The number of nitriles is 1. The molecule has 1 aromatic rings. The van der Waals surface area contributed by atoms with Crippen LogP contribution >= 0.6 is 0 Å². The fourth-order valence-corrected chi connectivity index (χ4v) is 1.10. The normalized spacial score (nSPS) is 13.3. The fourth-order valence-electron chi connectivity index (χ4n) is 1.10. The number of fused-ring (bicyclic) bond motifs is 1. The lowest BCUT2D eigenvalue weighted by Crippen LogP contribution is -1.87. The molecule has 13 heavy (non-hydrogen) atoms. The molecule has 0 unspecified atom stereocenters. The lowest BCUT2D eigenvalue weighted by molar-refractivity contribution is 1.51. The Bertz CT molecular complexity index is 424. The van der Waals surface area contributed by atoms with Gasteiger partial charge in [0, 0.05) is 12.4 Å². The number of nitrogens with one attached hydrogen (secondary N) is 1. The van der Waals surface area contributed by atoms with Gasteiger partial charge in [-0.15, -0.1) is 0 Å². The summed E-state index contributed by atoms with van der Waals surface area (Å²) in [4.78, 5) is 4.16. The lowest BCUT2D eigenvalue weighted by Gasteiger charge is -2.01. The van der Waals surface area contributed by atoms with Crippen molar-refractivity contribution in [2.75, 3.05) is 5.32 Å². The second kappa shape index (κ2) is 3.11. The van der Waals surface area contributed by atoms with Gasteiger partial charge in [0.15, 0.2) is 0 Å². The van der Waals surface area contributed by atoms with E-state index in [0.717, 1.165) is 11.4 Å². The highest BCUT2D eigenvalue weighted by Gasteiger charge is 2.01. The second-order valence-electron chi connectivity index (χ2n) is 2.63. The molecule has 1 aromatic carbocycles. The van der Waals surface area contributed by atoms with Crippen LogP contribution in [0.3, 0.4) is 0 Å². The summed E-state index contributed by atoms with van der Waals surface area (Å²) in [6, 6.07) is 9.68. The summed E-state index contributed by atoms with van der Waals surface area (Å²) >= 11 is 0. The van der Waals surface area contributed by atoms with Crippen molar-refractivity contribution in [2.45, 2.75) is 0 Å². The number of aliphatic imine (C=N–C) groups is 1. The van der Waals surface area contributed by atoms with E-state index in [9.17, 15) is 0 Å². The maximum absolute atomic E-state index is 8.65. The van der Waals surface area contributed by atoms with Gasteiger partial charge in [-0.3, -0.25) is 4.99 Å². The number of hydrogen-bond donors (Lipinski definition) is 1. The minimum absolute atomic E-state index is 0.524. The number of hydrogen-bond acceptors (Lipinski definition) is 3. The van der Waals surface area contributed by atoms with Crippen molar-refractivity contribution in [1.82, 2.24) is 0 Å². The molecule has 0 radical (unpaired) electrons. The zero-order valence-electron chi connectivity index (χ0n) is 6.86. The van der Waals surface area contributed by atoms with E-state index in [2.05, 4.69) is 10.3 Å². The summed E-state index contributed by atoms with van der Waals surface area (Å²) in [5.41, 5.74) is 2.30. The van der Waals surface area contributed by atoms with Crippen molar-refractivity contribution in [2.24, 2.45) is 4.99 Å². The number of benzene rings is 1. The molecule has 0 saturated carbocycles. The zero-order valence-corrected chi connectivity index (χ0v) is 6.86. The third kappa shape index (κ3) is 1.42. The number of rotatable bonds is 0. The highest BCUT2D eigenvalue weighted by molar-refractivity contribution is 5.89. The quantitative estimate of drug-likeness (QED) is 0.647. The average Bonchev–Trinajstić information content (AvgIpc) is 2.39. The standard InChI is InChI=1S/C10H7N3/c11-5-8-6-12-9-3-1-2-4-10(9)13-7-8/h1-4,6-7,12H. The average molecular weight is 169 g/mol. The summed E-state index contributed by atoms with van der Waals surface area (Å²) in [5.74, 6) is 0. The Labute approximate surface area is 76.0 Å². The molecule has 1 aliphatic heterocycles. The van der Waals surface area contributed by atoms with Crippen LogP contribution in [0.1, 0.15) is 0 Å². The van der Waals surface area contributed by atoms with Gasteiger partial charge in [-0.05, 0) is 12.1 Å². The van der Waals surface area contributed by atoms with Gasteiger partial charge in [0.05, 0.1) is 16.9 Å². The Hall–Kier alpha value is -2.08. The van der Waals surface area contributed by atoms with Crippen molar-refractivity contribution in [1.29, 1.82) is 5.26 Å². The molecule has 0 spiro atoms. The Kier molecular flexibility index (Phi) is 1.81. The van der Waals surface area contributed by atoms with Crippen LogP contribution in [0.2, 0.25) is 0 Å². The van der Waals surface area contributed by atoms with Crippen molar-refractivity contribution < 1.29 is 0 Å². The largest absolute Gasteiger partial charge is 0.359 e. The Balaban J connectivity index is 2.46. The van der Waals surface area contributed by atoms with Crippen molar-refractivity contribution in [3.63, 3.8) is 0 Å². The number of para-hydroxylation sites is 2. The van der Waals surface area contributed by atoms with Gasteiger partial charge < -0.3 is 5.32 Å². The van der Waals surface area contributed by atoms with E-state index in [1.807, 2.05) is 30.3 Å². The van der Waals surface area contributed by atoms with Gasteiger partial charge in [-0.2, -0.15) is 5.26 Å². The summed E-state index contributed by atoms with van der Waals surface area (Å²) in [5, 5.41) is 11.7. The summed E-state index contributed by atoms with van der Waals surface area (Å²) in [6.45, 7) is 0. The molecular formula is C10H7N3. The van der Waals surface area contributed by atoms with Crippen LogP contribution in [-0.4, -0.2) is 6.21 Å². The summed E-state index contributed by atoms with van der Waals surface area (Å²) in [6.07, 6.45) is 3.20. The number of nitrogens with zero attached hydrogens (tertiary/aromatic N) is 2. The third-order valence-electron chi connectivity index (χ3n) is 1.76. The van der Waals surface area contributed by atoms with E-state index in [4.69, 9.17) is 5.26 Å². The van der Waals surface area contributed by atoms with Crippen molar-refractivity contribution >= 4 is 17.6 Å². The van der Waals surface area contributed by atoms with E-state index >= 15 is 0 Å². The molecule has 1 aliphatic rings. The van der Waals surface area contributed by atoms with E-state index in [1.165, 1.54) is 0 Å². The van der Waals surface area contributed by atoms with Crippen LogP contribution < -0.4 is 5.32 Å². The van der Waals surface area contributed by atoms with Crippen molar-refractivity contribution in [3.8, 4) is 6.07 Å². The first-order chi connectivity index (χ1) is 6.40. The molecule has 0 aromatic heterocycles. The molecule has 3 nitrogen and oxygen atoms in total. The molecule has 62 valence electrons. The van der Waals surface area contributed by atoms with Crippen LogP contribution in [0.5, 0.6) is 0 Å². The predicted octanol–water partition coefficient (Wildman–Crippen LogP) is 2.22. The molecule has 0 aliphatic carbocycles. The predicted molar refractivity (Wildman–Crippen MR) is 51.9 cm³/mol. The van der Waals surface area contributed by atoms with Gasteiger partial charge in [0.2, 0.25) is 0 Å². The summed E-state index contributed by atoms with van der Waals surface area (Å²) in [7, 11) is 0. The van der Waals surface area contributed by atoms with Crippen LogP contribution in [-0.2, 0) is 0 Å². The van der Waals surface area contributed by atoms with E-state index < -0.39 is 0 Å². The van der Waals surface area contributed by atoms with Gasteiger partial charge in [0.1, 0.15) is 6.07 Å². The Morgan fingerprint density at radius 3 is 3.00 bits per heavy atom. The Morgan fingerprint density at radius 1 is 1.31 bits per heavy atom. The molecule has 2 rings (SSSR count). The molecule has 0 atom stereocenters. The first-order valence-electron chi connectivity index (χ1n) is 3.90. The highest BCUT2D eigenvalue weighted by Crippen LogP contribution is 2.25. The maximum Gasteiger partial charge on any atom is 0.102 e. The monoisotopic (exact) mass is 169 g/mol. The topological polar surface area (TPSA) is 48.2 Å². The van der Waals surface area contributed by atoms with Crippen LogP contribution in [0.15, 0.2) is 41.0 Å². The molecule has 0 fully saturated rings. The van der Waals surface area contributed by atoms with Gasteiger partial charge >= 0.3 is 0 Å². The van der Waals surface area contributed by atoms with E-state index in [1.54, 1.807) is 12.4 Å². The first-order valence-corrected chi connectivity index (χ1v) is 3.90. The third-order valence-corrected chi connectivity index (χ3v) is 1.76. The number of anilines is 1. The molecule has 0 bridgehead atoms. The molecule has 0 amide bonds. The molecule has 0 saturated heterocycles. The fraction of sp³-hybridized carbons (Fsp3) is 0. The first kappa shape index (κ1) is 7.56. The van der Waals surface area contributed by atoms with Crippen LogP contribution in [0.4, 0.5) is 11.4 Å². The minimum atomic E-state index is 0.524. The van der Waals surface area contributed by atoms with E-state index in [-0.39, 0.29) is 0 Å². The summed E-state index contributed by atoms with van der Waals surface area (Å²) < 4.78 is 0. The zero-order chi connectivity index (χ0) is 9.10. The van der Waals surface area contributed by atoms with Crippen LogP contribution in [0, 0.1) is 11.3 Å². The molecule has 1 N–H and O–H groups in total. The second-order valence-corrected chi connectivity index (χ2v) is 2.63. The smallest absolute Gasteiger partial charge is 0.102 e. The minimum Gasteiger partial charge on any atom is -0.359 e. The molecule has 1 heterocycles. The highest BCUT2D eigenvalue weighted by atomic mass is 14.9. The SMILES string of the molecule is N#CC1=CNc2ccccc2N=C1. The molecular weight excluding hydrogens is 162 g/mol. The van der Waals surface area contributed by atoms with Gasteiger partial charge in [-0.25, -0.2) is 0 Å².